The number of nitrogens with zero attached hydrogens (tertiary/aromatic N) is 2. The number of aliphatic hydroxyl groups excluding tert-OH is 1. The SMILES string of the molecule is CCC(CC)C(=O)/C=C(\O)C(CC)CCF.[2H]c1nc(-c2[c-]c(C)cc(C)c2)c2cc(C)c(C3CCCCC3)cc2c1[2H].[2H]c1nc(-c2[c-]c(C)cc(C)c2)c2cc(C)c(C3CCCCC3)cc2c1[2H].[Ir]. The van der Waals surface area contributed by atoms with E-state index in [0.717, 1.165) is 79.2 Å². The number of carbonyl (C=O) groups is 1. The fourth-order valence-electron chi connectivity index (χ4n) is 10.4. The maximum atomic E-state index is 12.2. The summed E-state index contributed by atoms with van der Waals surface area (Å²) in [6.45, 7) is 17.9. The van der Waals surface area contributed by atoms with Gasteiger partial charge in [0.2, 0.25) is 0 Å². The van der Waals surface area contributed by atoms with E-state index >= 15 is 0 Å². The Hall–Kier alpha value is -4.51. The van der Waals surface area contributed by atoms with Crippen molar-refractivity contribution in [1.82, 2.24) is 9.97 Å². The molecule has 8 rings (SSSR count). The average Bonchev–Trinajstić information content (AvgIpc) is 3.33. The zero-order valence-electron chi connectivity index (χ0n) is 45.6. The maximum Gasteiger partial charge on any atom is 0.162 e. The fraction of sp³-hybridized carbons (Fsp3) is 0.459. The van der Waals surface area contributed by atoms with Gasteiger partial charge in [0.05, 0.1) is 17.9 Å². The molecule has 0 amide bonds. The molecule has 1 radical (unpaired) electrons. The minimum absolute atomic E-state index is 0. The van der Waals surface area contributed by atoms with Gasteiger partial charge in [-0.25, -0.2) is 0 Å². The van der Waals surface area contributed by atoms with Crippen LogP contribution < -0.4 is 0 Å². The molecular weight excluding hydrogens is 1000 g/mol. The smallest absolute Gasteiger partial charge is 0.162 e. The molecule has 0 spiro atoms. The molecule has 2 aliphatic rings. The van der Waals surface area contributed by atoms with Gasteiger partial charge in [0.25, 0.3) is 0 Å². The molecule has 2 aliphatic carbocycles. The van der Waals surface area contributed by atoms with Crippen molar-refractivity contribution in [2.24, 2.45) is 11.8 Å². The summed E-state index contributed by atoms with van der Waals surface area (Å²) in [5, 5.41) is 13.4. The third-order valence-electron chi connectivity index (χ3n) is 14.0. The second kappa shape index (κ2) is 25.7. The number of alkyl halides is 1. The molecule has 2 fully saturated rings. The van der Waals surface area contributed by atoms with Crippen LogP contribution in [0.1, 0.15) is 172 Å². The van der Waals surface area contributed by atoms with E-state index in [1.807, 2.05) is 34.6 Å². The van der Waals surface area contributed by atoms with Gasteiger partial charge in [-0.05, 0) is 144 Å². The van der Waals surface area contributed by atoms with Crippen LogP contribution in [-0.4, -0.2) is 27.5 Å². The van der Waals surface area contributed by atoms with Crippen LogP contribution in [0.2, 0.25) is 0 Å². The van der Waals surface area contributed by atoms with Crippen molar-refractivity contribution in [1.29, 1.82) is 0 Å². The second-order valence-corrected chi connectivity index (χ2v) is 19.1. The van der Waals surface area contributed by atoms with Crippen molar-refractivity contribution in [3.05, 3.63) is 141 Å². The Bertz CT molecular complexity index is 2620. The number of allylic oxidation sites excluding steroid dienone is 2. The number of carbonyl (C=O) groups excluding carboxylic acids is 1. The Kier molecular flexibility index (Phi) is 18.3. The first-order valence-corrected chi connectivity index (χ1v) is 24.8. The minimum atomic E-state index is -0.463. The number of hydrogen-bond donors (Lipinski definition) is 1. The molecule has 6 aromatic rings. The topological polar surface area (TPSA) is 63.1 Å². The molecule has 0 aliphatic heterocycles. The number of ketones is 1. The van der Waals surface area contributed by atoms with Crippen LogP contribution in [0.4, 0.5) is 4.39 Å². The van der Waals surface area contributed by atoms with Gasteiger partial charge in [0.1, 0.15) is 0 Å². The molecule has 359 valence electrons. The van der Waals surface area contributed by atoms with Crippen molar-refractivity contribution in [3.63, 3.8) is 0 Å². The quantitative estimate of drug-likeness (QED) is 0.0754. The summed E-state index contributed by atoms with van der Waals surface area (Å²) < 4.78 is 45.6. The second-order valence-electron chi connectivity index (χ2n) is 19.1. The first-order chi connectivity index (χ1) is 33.5. The van der Waals surface area contributed by atoms with Crippen LogP contribution >= 0.6 is 0 Å². The van der Waals surface area contributed by atoms with E-state index in [0.29, 0.717) is 18.3 Å². The normalized spacial score (nSPS) is 15.9. The molecule has 6 heteroatoms. The summed E-state index contributed by atoms with van der Waals surface area (Å²) in [7, 11) is 0. The van der Waals surface area contributed by atoms with Crippen molar-refractivity contribution in [3.8, 4) is 22.5 Å². The summed E-state index contributed by atoms with van der Waals surface area (Å²) in [5.74, 6) is 0.924. The minimum Gasteiger partial charge on any atom is -0.512 e. The number of hydrogen-bond acceptors (Lipinski definition) is 4. The molecule has 2 aromatic heterocycles. The molecular formula is C61H75FIrN2O2-2. The summed E-state index contributed by atoms with van der Waals surface area (Å²) in [4.78, 5) is 20.7. The number of aryl methyl sites for hydroxylation is 6. The molecule has 0 saturated heterocycles. The Morgan fingerprint density at radius 2 is 1.09 bits per heavy atom. The predicted molar refractivity (Wildman–Crippen MR) is 276 cm³/mol. The number of aliphatic hydroxyl groups is 1. The molecule has 2 saturated carbocycles. The summed E-state index contributed by atoms with van der Waals surface area (Å²) in [5.41, 5.74) is 13.1. The van der Waals surface area contributed by atoms with Gasteiger partial charge in [-0.1, -0.05) is 111 Å². The van der Waals surface area contributed by atoms with Gasteiger partial charge < -0.3 is 15.1 Å². The Labute approximate surface area is 421 Å². The molecule has 4 aromatic carbocycles. The number of benzene rings is 4. The zero-order valence-corrected chi connectivity index (χ0v) is 44.0. The molecule has 2 heterocycles. The third kappa shape index (κ3) is 14.0. The van der Waals surface area contributed by atoms with Crippen LogP contribution in [0.15, 0.2) is 84.8 Å². The van der Waals surface area contributed by atoms with Crippen LogP contribution in [0.25, 0.3) is 44.1 Å². The Morgan fingerprint density at radius 3 is 1.46 bits per heavy atom. The van der Waals surface area contributed by atoms with Crippen LogP contribution in [-0.2, 0) is 24.9 Å². The van der Waals surface area contributed by atoms with Gasteiger partial charge in [0.15, 0.2) is 5.78 Å². The standard InChI is InChI=1S/2C24H26N.C13H23FO2.Ir/c2*1-16-11-17(2)13-21(12-16)24-23-14-18(3)22(15-20(23)9-10-25-24)19-7-5-4-6-8-19;1-4-10(5-2)12(15)9-13(16)11(6-3)7-8-14;/h2*9-12,14-15,19H,4-8H2,1-3H3;9-11,16H,4-8H2,1-3H3;/q2*-1;;/b;;13-9-;/i2*9D,10D;;. The first kappa shape index (κ1) is 47.6. The number of fused-ring (bicyclic) bond motifs is 2. The molecule has 1 atom stereocenters. The van der Waals surface area contributed by atoms with Crippen molar-refractivity contribution in [2.45, 2.75) is 164 Å². The molecule has 1 unspecified atom stereocenters. The number of pyridine rings is 2. The van der Waals surface area contributed by atoms with Crippen LogP contribution in [0.5, 0.6) is 0 Å². The number of aromatic nitrogens is 2. The molecule has 1 N–H and O–H groups in total. The fourth-order valence-corrected chi connectivity index (χ4v) is 10.4. The predicted octanol–water partition coefficient (Wildman–Crippen LogP) is 17.2. The molecule has 67 heavy (non-hydrogen) atoms. The monoisotopic (exact) mass is 1080 g/mol. The van der Waals surface area contributed by atoms with Crippen LogP contribution in [0, 0.1) is 65.5 Å². The Morgan fingerprint density at radius 1 is 0.672 bits per heavy atom. The van der Waals surface area contributed by atoms with Gasteiger partial charge in [-0.15, -0.1) is 69.8 Å². The van der Waals surface area contributed by atoms with E-state index in [9.17, 15) is 14.3 Å². The van der Waals surface area contributed by atoms with Crippen molar-refractivity contribution in [2.75, 3.05) is 6.67 Å². The molecule has 0 bridgehead atoms. The third-order valence-corrected chi connectivity index (χ3v) is 14.0. The largest absolute Gasteiger partial charge is 0.512 e. The zero-order chi connectivity index (χ0) is 50.8. The molecule has 4 nitrogen and oxygen atoms in total. The number of halogens is 1. The van der Waals surface area contributed by atoms with E-state index < -0.39 is 6.67 Å². The van der Waals surface area contributed by atoms with E-state index in [1.54, 1.807) is 0 Å². The van der Waals surface area contributed by atoms with Gasteiger partial charge >= 0.3 is 0 Å². The average molecular weight is 1080 g/mol. The maximum absolute atomic E-state index is 12.2. The first-order valence-electron chi connectivity index (χ1n) is 26.8. The summed E-state index contributed by atoms with van der Waals surface area (Å²) in [6.07, 6.45) is 16.6. The van der Waals surface area contributed by atoms with Gasteiger partial charge in [-0.2, -0.15) is 0 Å². The van der Waals surface area contributed by atoms with E-state index in [-0.39, 0.29) is 74.3 Å². The Balaban J connectivity index is 0.000000205. The number of rotatable bonds is 12. The summed E-state index contributed by atoms with van der Waals surface area (Å²) in [6, 6.07) is 24.3. The van der Waals surface area contributed by atoms with Crippen molar-refractivity contribution >= 4 is 27.3 Å². The van der Waals surface area contributed by atoms with E-state index in [4.69, 9.17) is 5.48 Å². The van der Waals surface area contributed by atoms with Crippen molar-refractivity contribution < 1.29 is 39.9 Å². The van der Waals surface area contributed by atoms with E-state index in [1.165, 1.54) is 92.5 Å². The van der Waals surface area contributed by atoms with E-state index in [2.05, 4.69) is 98.3 Å². The van der Waals surface area contributed by atoms with Gasteiger partial charge in [0, 0.05) is 50.4 Å². The van der Waals surface area contributed by atoms with Gasteiger partial charge in [-0.3, -0.25) is 9.18 Å². The van der Waals surface area contributed by atoms with Crippen LogP contribution in [0.3, 0.4) is 0 Å². The summed E-state index contributed by atoms with van der Waals surface area (Å²) >= 11 is 0.